The van der Waals surface area contributed by atoms with Gasteiger partial charge in [0.05, 0.1) is 36.7 Å². The Bertz CT molecular complexity index is 1290. The molecule has 5 rings (SSSR count). The average molecular weight is 505 g/mol. The largest absolute Gasteiger partial charge is 0.378 e. The number of fused-ring (bicyclic) bond motifs is 1. The predicted octanol–water partition coefficient (Wildman–Crippen LogP) is 3.17. The number of rotatable bonds is 6. The van der Waals surface area contributed by atoms with E-state index in [1.807, 2.05) is 23.1 Å². The molecule has 1 N–H and O–H groups in total. The van der Waals surface area contributed by atoms with Crippen LogP contribution in [0.25, 0.3) is 10.9 Å². The fraction of sp³-hybridized carbons (Fsp3) is 0.364. The number of sulfonamides is 1. The van der Waals surface area contributed by atoms with Crippen LogP contribution in [0.2, 0.25) is 0 Å². The van der Waals surface area contributed by atoms with E-state index in [4.69, 9.17) is 4.74 Å². The number of hydrogen-bond donors (Lipinski definition) is 1. The second-order valence-corrected chi connectivity index (χ2v) is 12.3. The van der Waals surface area contributed by atoms with Crippen molar-refractivity contribution in [3.63, 3.8) is 0 Å². The normalized spacial score (nSPS) is 19.1. The summed E-state index contributed by atoms with van der Waals surface area (Å²) in [6.45, 7) is 3.08. The first-order chi connectivity index (χ1) is 15.9. The molecule has 2 aromatic heterocycles. The number of nitrogens with zero attached hydrogens (tertiary/aromatic N) is 3. The third-order valence-electron chi connectivity index (χ3n) is 5.80. The van der Waals surface area contributed by atoms with E-state index in [1.165, 1.54) is 15.6 Å². The number of morpholine rings is 1. The molecule has 8 nitrogen and oxygen atoms in total. The van der Waals surface area contributed by atoms with Crippen LogP contribution in [0.4, 0.5) is 5.69 Å². The number of amides is 1. The van der Waals surface area contributed by atoms with Crippen LogP contribution in [0.1, 0.15) is 12.1 Å². The molecule has 0 radical (unpaired) electrons. The lowest BCUT2D eigenvalue weighted by Crippen LogP contribution is -2.41. The number of hydrogen-bond acceptors (Lipinski definition) is 7. The Balaban J connectivity index is 1.34. The highest BCUT2D eigenvalue weighted by Crippen LogP contribution is 2.34. The number of benzene rings is 1. The molecule has 0 bridgehead atoms. The third kappa shape index (κ3) is 4.42. The van der Waals surface area contributed by atoms with E-state index >= 15 is 0 Å². The van der Waals surface area contributed by atoms with Gasteiger partial charge in [-0.1, -0.05) is 30.0 Å². The molecule has 1 fully saturated rings. The summed E-state index contributed by atoms with van der Waals surface area (Å²) in [6.07, 6.45) is 0.449. The molecule has 2 aliphatic rings. The molecule has 1 amide bonds. The van der Waals surface area contributed by atoms with Crippen molar-refractivity contribution in [1.29, 1.82) is 0 Å². The first-order valence-electron chi connectivity index (χ1n) is 10.6. The molecule has 0 saturated carbocycles. The van der Waals surface area contributed by atoms with Crippen molar-refractivity contribution in [2.24, 2.45) is 4.99 Å². The number of nitrogens with one attached hydrogen (secondary N) is 1. The molecular formula is C22H24N4O4S3. The van der Waals surface area contributed by atoms with Crippen LogP contribution in [-0.2, 0) is 19.6 Å². The number of aliphatic imine (C=N–C) groups is 1. The Hall–Kier alpha value is -2.34. The highest BCUT2D eigenvalue weighted by molar-refractivity contribution is 8.15. The number of thioether (sulfide) groups is 1. The first kappa shape index (κ1) is 22.5. The van der Waals surface area contributed by atoms with Gasteiger partial charge in [0.2, 0.25) is 5.91 Å². The predicted molar refractivity (Wildman–Crippen MR) is 133 cm³/mol. The van der Waals surface area contributed by atoms with Crippen molar-refractivity contribution in [2.45, 2.75) is 15.9 Å². The van der Waals surface area contributed by atoms with Crippen molar-refractivity contribution >= 4 is 60.7 Å². The molecule has 0 spiro atoms. The Morgan fingerprint density at radius 1 is 1.27 bits per heavy atom. The van der Waals surface area contributed by atoms with Gasteiger partial charge in [0.15, 0.2) is 0 Å². The topological polar surface area (TPSA) is 95.1 Å². The minimum Gasteiger partial charge on any atom is -0.378 e. The Morgan fingerprint density at radius 3 is 2.85 bits per heavy atom. The Morgan fingerprint density at radius 2 is 2.09 bits per heavy atom. The van der Waals surface area contributed by atoms with Gasteiger partial charge in [-0.15, -0.1) is 11.3 Å². The van der Waals surface area contributed by atoms with Crippen LogP contribution in [0, 0.1) is 0 Å². The number of carbonyl (C=O) groups is 1. The second-order valence-electron chi connectivity index (χ2n) is 7.91. The van der Waals surface area contributed by atoms with Crippen LogP contribution in [0.15, 0.2) is 51.0 Å². The number of thiophene rings is 1. The maximum Gasteiger partial charge on any atom is 0.273 e. The Labute approximate surface area is 200 Å². The highest BCUT2D eigenvalue weighted by atomic mass is 32.2. The van der Waals surface area contributed by atoms with Crippen LogP contribution in [0.3, 0.4) is 0 Å². The zero-order valence-electron chi connectivity index (χ0n) is 18.1. The number of H-pyrrole nitrogens is 1. The van der Waals surface area contributed by atoms with Gasteiger partial charge in [-0.3, -0.25) is 14.1 Å². The lowest BCUT2D eigenvalue weighted by Gasteiger charge is -2.27. The molecule has 0 aliphatic carbocycles. The summed E-state index contributed by atoms with van der Waals surface area (Å²) in [4.78, 5) is 22.5. The summed E-state index contributed by atoms with van der Waals surface area (Å²) in [7, 11) is -2.07. The summed E-state index contributed by atoms with van der Waals surface area (Å²) in [6, 6.07) is 10.9. The molecule has 1 atom stereocenters. The lowest BCUT2D eigenvalue weighted by molar-refractivity contribution is -0.135. The van der Waals surface area contributed by atoms with E-state index in [-0.39, 0.29) is 11.2 Å². The summed E-state index contributed by atoms with van der Waals surface area (Å²) >= 11 is 2.80. The molecular weight excluding hydrogens is 480 g/mol. The quantitative estimate of drug-likeness (QED) is 0.556. The van der Waals surface area contributed by atoms with Gasteiger partial charge < -0.3 is 14.6 Å². The molecule has 1 aromatic carbocycles. The smallest absolute Gasteiger partial charge is 0.273 e. The van der Waals surface area contributed by atoms with Gasteiger partial charge in [0.25, 0.3) is 10.0 Å². The molecule has 3 aromatic rings. The van der Waals surface area contributed by atoms with Crippen molar-refractivity contribution in [2.75, 3.05) is 44.2 Å². The van der Waals surface area contributed by atoms with Crippen molar-refractivity contribution in [1.82, 2.24) is 9.88 Å². The summed E-state index contributed by atoms with van der Waals surface area (Å²) in [5, 5.41) is 3.61. The van der Waals surface area contributed by atoms with E-state index < -0.39 is 10.0 Å². The fourth-order valence-corrected chi connectivity index (χ4v) is 7.45. The van der Waals surface area contributed by atoms with Crippen LogP contribution in [-0.4, -0.2) is 74.4 Å². The number of anilines is 1. The van der Waals surface area contributed by atoms with E-state index in [0.29, 0.717) is 49.2 Å². The Kier molecular flexibility index (Phi) is 6.21. The van der Waals surface area contributed by atoms with Crippen LogP contribution in [0.5, 0.6) is 0 Å². The number of carbonyl (C=O) groups excluding carboxylic acids is 1. The minimum absolute atomic E-state index is 0.100. The monoisotopic (exact) mass is 504 g/mol. The van der Waals surface area contributed by atoms with Crippen LogP contribution < -0.4 is 4.31 Å². The molecule has 11 heteroatoms. The average Bonchev–Trinajstić information content (AvgIpc) is 3.59. The van der Waals surface area contributed by atoms with Gasteiger partial charge in [0.1, 0.15) is 9.25 Å². The maximum atomic E-state index is 13.0. The van der Waals surface area contributed by atoms with Crippen LogP contribution >= 0.6 is 23.1 Å². The first-order valence-corrected chi connectivity index (χ1v) is 13.8. The standard InChI is InChI=1S/C22H24N4O4S3/c1-25(33(28,29)20-6-3-11-31-20)18-5-2-4-15-12-17(24-21(15)18)22-23-14-16(32-22)13-19(27)26-7-9-30-10-8-26/h2-6,11-12,16,24H,7-10,13-14H2,1H3. The second kappa shape index (κ2) is 9.13. The van der Waals surface area contributed by atoms with E-state index in [9.17, 15) is 13.2 Å². The number of aromatic amines is 1. The van der Waals surface area contributed by atoms with Gasteiger partial charge in [-0.25, -0.2) is 8.42 Å². The lowest BCUT2D eigenvalue weighted by atomic mass is 10.2. The van der Waals surface area contributed by atoms with E-state index in [2.05, 4.69) is 9.98 Å². The van der Waals surface area contributed by atoms with Crippen molar-refractivity contribution < 1.29 is 17.9 Å². The maximum absolute atomic E-state index is 13.0. The minimum atomic E-state index is -3.64. The molecule has 33 heavy (non-hydrogen) atoms. The summed E-state index contributed by atoms with van der Waals surface area (Å²) < 4.78 is 33.0. The van der Waals surface area contributed by atoms with Gasteiger partial charge in [0, 0.05) is 37.2 Å². The fourth-order valence-electron chi connectivity index (χ4n) is 4.00. The van der Waals surface area contributed by atoms with Crippen molar-refractivity contribution in [3.05, 3.63) is 47.5 Å². The molecule has 174 valence electrons. The van der Waals surface area contributed by atoms with Crippen molar-refractivity contribution in [3.8, 4) is 0 Å². The number of para-hydroxylation sites is 1. The number of aromatic nitrogens is 1. The van der Waals surface area contributed by atoms with Gasteiger partial charge in [-0.05, 0) is 23.6 Å². The summed E-state index contributed by atoms with van der Waals surface area (Å²) in [5.74, 6) is 0.145. The van der Waals surface area contributed by atoms with E-state index in [1.54, 1.807) is 42.4 Å². The summed E-state index contributed by atoms with van der Waals surface area (Å²) in [5.41, 5.74) is 2.16. The zero-order valence-corrected chi connectivity index (χ0v) is 20.5. The van der Waals surface area contributed by atoms with E-state index in [0.717, 1.165) is 21.6 Å². The highest BCUT2D eigenvalue weighted by Gasteiger charge is 2.28. The third-order valence-corrected chi connectivity index (χ3v) is 10.2. The van der Waals surface area contributed by atoms with Gasteiger partial charge >= 0.3 is 0 Å². The molecule has 4 heterocycles. The molecule has 1 saturated heterocycles. The van der Waals surface area contributed by atoms with Gasteiger partial charge in [-0.2, -0.15) is 0 Å². The molecule has 1 unspecified atom stereocenters. The zero-order chi connectivity index (χ0) is 23.0. The molecule has 2 aliphatic heterocycles. The number of ether oxygens (including phenoxy) is 1. The SMILES string of the molecule is CN(c1cccc2cc(C3=NCC(CC(=O)N4CCOCC4)S3)[nH]c12)S(=O)(=O)c1cccs1.